The number of hydrogen-bond acceptors (Lipinski definition) is 2. The molecule has 1 aromatic carbocycles. The molecule has 0 saturated heterocycles. The van der Waals surface area contributed by atoms with Gasteiger partial charge in [0.05, 0.1) is 0 Å². The molecule has 1 heterocycles. The van der Waals surface area contributed by atoms with Crippen molar-refractivity contribution in [2.75, 3.05) is 0 Å². The van der Waals surface area contributed by atoms with Crippen molar-refractivity contribution in [3.63, 3.8) is 0 Å². The third-order valence-electron chi connectivity index (χ3n) is 1.77. The predicted octanol–water partition coefficient (Wildman–Crippen LogP) is 2.66. The Morgan fingerprint density at radius 2 is 2.33 bits per heavy atom. The zero-order valence-electron chi connectivity index (χ0n) is 6.33. The van der Waals surface area contributed by atoms with E-state index in [1.54, 1.807) is 0 Å². The number of hydrogen-bond donors (Lipinski definition) is 0. The molecule has 1 radical (unpaired) electrons. The normalized spacial score (nSPS) is 20.9. The highest BCUT2D eigenvalue weighted by Gasteiger charge is 2.18. The van der Waals surface area contributed by atoms with Crippen LogP contribution in [0.3, 0.4) is 0 Å². The molecule has 0 amide bonds. The molecule has 0 N–H and O–H groups in total. The lowest BCUT2D eigenvalue weighted by molar-refractivity contribution is 0.0859. The van der Waals surface area contributed by atoms with Crippen LogP contribution < -0.4 is 0 Å². The Bertz CT molecular complexity index is 303. The van der Waals surface area contributed by atoms with Crippen molar-refractivity contribution in [3.8, 4) is 0 Å². The molecule has 61 valence electrons. The Morgan fingerprint density at radius 3 is 3.00 bits per heavy atom. The van der Waals surface area contributed by atoms with Crippen LogP contribution >= 0.6 is 11.6 Å². The van der Waals surface area contributed by atoms with Crippen molar-refractivity contribution >= 4 is 17.8 Å². The first-order valence-corrected chi connectivity index (χ1v) is 4.09. The molecule has 0 saturated carbocycles. The van der Waals surface area contributed by atoms with Gasteiger partial charge >= 0.3 is 0 Å². The fourth-order valence-corrected chi connectivity index (χ4v) is 1.42. The minimum atomic E-state index is -0.0429. The van der Waals surface area contributed by atoms with Gasteiger partial charge in [-0.25, -0.2) is 0 Å². The molecular weight excluding hydrogens is 174 g/mol. The first-order chi connectivity index (χ1) is 5.88. The van der Waals surface area contributed by atoms with Crippen molar-refractivity contribution in [1.29, 1.82) is 0 Å². The van der Waals surface area contributed by atoms with E-state index in [9.17, 15) is 0 Å². The summed E-state index contributed by atoms with van der Waals surface area (Å²) < 4.78 is 0. The van der Waals surface area contributed by atoms with Crippen molar-refractivity contribution in [2.45, 2.75) is 12.5 Å². The van der Waals surface area contributed by atoms with Gasteiger partial charge in [0.15, 0.2) is 6.10 Å². The molecule has 1 unspecified atom stereocenters. The maximum Gasteiger partial charge on any atom is 0.159 e. The first-order valence-electron chi connectivity index (χ1n) is 3.71. The highest BCUT2D eigenvalue weighted by Crippen LogP contribution is 2.29. The van der Waals surface area contributed by atoms with E-state index in [4.69, 9.17) is 16.4 Å². The molecule has 0 fully saturated rings. The smallest absolute Gasteiger partial charge is 0.159 e. The second-order valence-corrected chi connectivity index (χ2v) is 2.98. The zero-order valence-corrected chi connectivity index (χ0v) is 7.08. The topological polar surface area (TPSA) is 21.6 Å². The molecule has 1 aliphatic heterocycles. The minimum absolute atomic E-state index is 0.0429. The van der Waals surface area contributed by atoms with Crippen LogP contribution in [0.4, 0.5) is 0 Å². The lowest BCUT2D eigenvalue weighted by Crippen LogP contribution is -1.95. The fraction of sp³-hybridized carbons (Fsp3) is 0.222. The monoisotopic (exact) mass is 180 g/mol. The van der Waals surface area contributed by atoms with Crippen molar-refractivity contribution in [3.05, 3.63) is 34.9 Å². The van der Waals surface area contributed by atoms with Crippen molar-refractivity contribution in [1.82, 2.24) is 0 Å². The van der Waals surface area contributed by atoms with E-state index in [0.717, 1.165) is 10.6 Å². The molecule has 1 atom stereocenters. The largest absolute Gasteiger partial charge is 0.387 e. The summed E-state index contributed by atoms with van der Waals surface area (Å²) in [5, 5.41) is 4.30. The molecule has 0 aromatic heterocycles. The van der Waals surface area contributed by atoms with Gasteiger partial charge in [0.2, 0.25) is 0 Å². The summed E-state index contributed by atoms with van der Waals surface area (Å²) in [5.41, 5.74) is 0.980. The van der Waals surface area contributed by atoms with E-state index in [1.165, 1.54) is 0 Å². The van der Waals surface area contributed by atoms with Crippen molar-refractivity contribution < 1.29 is 4.84 Å². The van der Waals surface area contributed by atoms with Gasteiger partial charge in [0.1, 0.15) is 6.21 Å². The van der Waals surface area contributed by atoms with Gasteiger partial charge in [-0.1, -0.05) is 35.0 Å². The van der Waals surface area contributed by atoms with Crippen LogP contribution in [0.1, 0.15) is 18.1 Å². The van der Waals surface area contributed by atoms with Gasteiger partial charge < -0.3 is 4.84 Å². The Morgan fingerprint density at radius 1 is 1.50 bits per heavy atom. The molecular formula is C9H7ClNO. The SMILES string of the molecule is Clc1ccccc1C1C[C]=NO1. The highest BCUT2D eigenvalue weighted by atomic mass is 35.5. The molecule has 0 spiro atoms. The molecule has 3 heteroatoms. The van der Waals surface area contributed by atoms with Crippen LogP contribution in [0.25, 0.3) is 0 Å². The molecule has 0 aliphatic carbocycles. The van der Waals surface area contributed by atoms with Crippen LogP contribution in [0.2, 0.25) is 5.02 Å². The van der Waals surface area contributed by atoms with Crippen LogP contribution in [0, 0.1) is 0 Å². The average Bonchev–Trinajstić information content (AvgIpc) is 2.57. The van der Waals surface area contributed by atoms with Gasteiger partial charge in [-0.3, -0.25) is 0 Å². The van der Waals surface area contributed by atoms with Crippen LogP contribution in [0.5, 0.6) is 0 Å². The number of benzene rings is 1. The van der Waals surface area contributed by atoms with E-state index in [0.29, 0.717) is 6.42 Å². The molecule has 0 bridgehead atoms. The standard InChI is InChI=1S/C9H7ClNO/c10-8-4-2-1-3-7(8)9-5-6-11-12-9/h1-4,9H,5H2. The van der Waals surface area contributed by atoms with Crippen LogP contribution in [-0.4, -0.2) is 6.21 Å². The average molecular weight is 181 g/mol. The summed E-state index contributed by atoms with van der Waals surface area (Å²) in [4.78, 5) is 5.05. The Kier molecular flexibility index (Phi) is 2.00. The minimum Gasteiger partial charge on any atom is -0.387 e. The van der Waals surface area contributed by atoms with E-state index in [-0.39, 0.29) is 6.10 Å². The number of rotatable bonds is 1. The quantitative estimate of drug-likeness (QED) is 0.651. The molecule has 12 heavy (non-hydrogen) atoms. The van der Waals surface area contributed by atoms with Gasteiger partial charge in [0.25, 0.3) is 0 Å². The summed E-state index contributed by atoms with van der Waals surface area (Å²) in [7, 11) is 0. The van der Waals surface area contributed by atoms with E-state index in [2.05, 4.69) is 11.4 Å². The highest BCUT2D eigenvalue weighted by molar-refractivity contribution is 6.31. The van der Waals surface area contributed by atoms with Gasteiger partial charge in [-0.2, -0.15) is 0 Å². The zero-order chi connectivity index (χ0) is 8.39. The molecule has 2 rings (SSSR count). The van der Waals surface area contributed by atoms with Crippen LogP contribution in [0.15, 0.2) is 29.4 Å². The van der Waals surface area contributed by atoms with E-state index in [1.807, 2.05) is 24.3 Å². The van der Waals surface area contributed by atoms with E-state index >= 15 is 0 Å². The first kappa shape index (κ1) is 7.62. The Labute approximate surface area is 75.8 Å². The third kappa shape index (κ3) is 1.30. The summed E-state index contributed by atoms with van der Waals surface area (Å²) in [6, 6.07) is 7.61. The number of halogens is 1. The molecule has 2 nitrogen and oxygen atoms in total. The Hall–Kier alpha value is -1.02. The van der Waals surface area contributed by atoms with Gasteiger partial charge in [-0.15, -0.1) is 0 Å². The lowest BCUT2D eigenvalue weighted by atomic mass is 10.1. The van der Waals surface area contributed by atoms with Crippen LogP contribution in [-0.2, 0) is 4.84 Å². The lowest BCUT2D eigenvalue weighted by Gasteiger charge is -2.08. The summed E-state index contributed by atoms with van der Waals surface area (Å²) >= 11 is 5.95. The van der Waals surface area contributed by atoms with E-state index < -0.39 is 0 Å². The Balaban J connectivity index is 2.27. The maximum atomic E-state index is 5.95. The second-order valence-electron chi connectivity index (χ2n) is 2.57. The molecule has 1 aromatic rings. The summed E-state index contributed by atoms with van der Waals surface area (Å²) in [5.74, 6) is 0. The van der Waals surface area contributed by atoms with Crippen molar-refractivity contribution in [2.24, 2.45) is 5.16 Å². The number of nitrogens with zero attached hydrogens (tertiary/aromatic N) is 1. The summed E-state index contributed by atoms with van der Waals surface area (Å²) in [6.45, 7) is 0. The fourth-order valence-electron chi connectivity index (χ4n) is 1.16. The predicted molar refractivity (Wildman–Crippen MR) is 47.3 cm³/mol. The van der Waals surface area contributed by atoms with Gasteiger partial charge in [0, 0.05) is 17.0 Å². The summed E-state index contributed by atoms with van der Waals surface area (Å²) in [6.07, 6.45) is 3.38. The van der Waals surface area contributed by atoms with Gasteiger partial charge in [-0.05, 0) is 6.07 Å². The molecule has 1 aliphatic rings. The third-order valence-corrected chi connectivity index (χ3v) is 2.12. The maximum absolute atomic E-state index is 5.95. The second kappa shape index (κ2) is 3.15.